The van der Waals surface area contributed by atoms with Crippen molar-refractivity contribution >= 4 is 30.0 Å². The van der Waals surface area contributed by atoms with E-state index in [1.54, 1.807) is 44.9 Å². The summed E-state index contributed by atoms with van der Waals surface area (Å²) in [5.41, 5.74) is 0.439. The van der Waals surface area contributed by atoms with Crippen molar-refractivity contribution in [1.29, 1.82) is 0 Å². The van der Waals surface area contributed by atoms with Gasteiger partial charge >= 0.3 is 18.0 Å². The van der Waals surface area contributed by atoms with Crippen molar-refractivity contribution in [2.45, 2.75) is 56.9 Å². The molecule has 1 fully saturated rings. The van der Waals surface area contributed by atoms with Crippen LogP contribution >= 0.6 is 11.9 Å². The average molecular weight is 682 g/mol. The lowest BCUT2D eigenvalue weighted by atomic mass is 9.87. The standard InChI is InChI=1S/C36H44FN3O7S/c1-25(45-33(42)35(2,3)4)46-34(43)38-31(32(41)44-20-19-39(5)6)22-26-11-10-14-30(21-26)48-40-23-36(24-40,27-12-8-7-9-13-27)47-29-17-15-28(37)16-18-29/h7-18,21,25,31H,19-20,22-24H2,1-6H3,(H,38,43)/t25?,31-/m0/s1. The van der Waals surface area contributed by atoms with Crippen LogP contribution in [0.15, 0.2) is 83.8 Å². The molecule has 0 spiro atoms. The number of carbonyl (C=O) groups is 3. The maximum Gasteiger partial charge on any atom is 0.410 e. The molecular weight excluding hydrogens is 637 g/mol. The molecule has 3 aromatic carbocycles. The SMILES string of the molecule is CC(OC(=O)N[C@@H](Cc1cccc(SN2CC(Oc3ccc(F)cc3)(c3ccccc3)C2)c1)C(=O)OCCN(C)C)OC(=O)C(C)(C)C. The molecule has 1 N–H and O–H groups in total. The van der Waals surface area contributed by atoms with Crippen LogP contribution in [-0.2, 0) is 35.8 Å². The van der Waals surface area contributed by atoms with Gasteiger partial charge in [-0.1, -0.05) is 42.5 Å². The summed E-state index contributed by atoms with van der Waals surface area (Å²) in [6, 6.07) is 22.6. The Balaban J connectivity index is 1.42. The van der Waals surface area contributed by atoms with Crippen molar-refractivity contribution < 1.29 is 37.7 Å². The van der Waals surface area contributed by atoms with Crippen molar-refractivity contribution in [3.8, 4) is 5.75 Å². The predicted molar refractivity (Wildman–Crippen MR) is 181 cm³/mol. The quantitative estimate of drug-likeness (QED) is 0.128. The highest BCUT2D eigenvalue weighted by Crippen LogP contribution is 2.42. The number of hydrogen-bond donors (Lipinski definition) is 1. The molecule has 1 unspecified atom stereocenters. The highest BCUT2D eigenvalue weighted by atomic mass is 32.2. The Morgan fingerprint density at radius 1 is 0.979 bits per heavy atom. The first kappa shape index (κ1) is 36.7. The summed E-state index contributed by atoms with van der Waals surface area (Å²) >= 11 is 1.55. The van der Waals surface area contributed by atoms with E-state index in [0.29, 0.717) is 25.4 Å². The zero-order chi connectivity index (χ0) is 34.9. The zero-order valence-electron chi connectivity index (χ0n) is 28.2. The average Bonchev–Trinajstić information content (AvgIpc) is 3.00. The van der Waals surface area contributed by atoms with Crippen LogP contribution in [-0.4, -0.2) is 79.9 Å². The number of halogens is 1. The minimum Gasteiger partial charge on any atom is -0.480 e. The number of hydrogen-bond acceptors (Lipinski definition) is 10. The fourth-order valence-corrected chi connectivity index (χ4v) is 5.97. The molecule has 0 aromatic heterocycles. The number of nitrogens with one attached hydrogen (secondary N) is 1. The maximum atomic E-state index is 13.5. The summed E-state index contributed by atoms with van der Waals surface area (Å²) in [6.07, 6.45) is -1.93. The van der Waals surface area contributed by atoms with Crippen LogP contribution in [0.25, 0.3) is 0 Å². The van der Waals surface area contributed by atoms with Crippen LogP contribution in [0.2, 0.25) is 0 Å². The lowest BCUT2D eigenvalue weighted by Crippen LogP contribution is -2.59. The highest BCUT2D eigenvalue weighted by molar-refractivity contribution is 7.97. The summed E-state index contributed by atoms with van der Waals surface area (Å²) in [6.45, 7) is 8.33. The van der Waals surface area contributed by atoms with Gasteiger partial charge < -0.3 is 29.2 Å². The van der Waals surface area contributed by atoms with Crippen molar-refractivity contribution in [1.82, 2.24) is 14.5 Å². The highest BCUT2D eigenvalue weighted by Gasteiger charge is 2.47. The molecule has 1 amide bonds. The normalized spacial score (nSPS) is 15.5. The van der Waals surface area contributed by atoms with Gasteiger partial charge in [-0.25, -0.2) is 18.3 Å². The molecule has 1 saturated heterocycles. The van der Waals surface area contributed by atoms with Crippen molar-refractivity contribution in [2.24, 2.45) is 5.41 Å². The fraction of sp³-hybridized carbons (Fsp3) is 0.417. The zero-order valence-corrected chi connectivity index (χ0v) is 29.1. The van der Waals surface area contributed by atoms with Gasteiger partial charge in [-0.3, -0.25) is 4.79 Å². The molecule has 1 heterocycles. The Hall–Kier alpha value is -4.13. The molecule has 10 nitrogen and oxygen atoms in total. The third-order valence-corrected chi connectivity index (χ3v) is 8.36. The lowest BCUT2D eigenvalue weighted by molar-refractivity contribution is -0.174. The monoisotopic (exact) mass is 681 g/mol. The summed E-state index contributed by atoms with van der Waals surface area (Å²) in [7, 11) is 3.72. The summed E-state index contributed by atoms with van der Waals surface area (Å²) in [5, 5.41) is 2.59. The van der Waals surface area contributed by atoms with E-state index in [4.69, 9.17) is 18.9 Å². The number of ether oxygens (including phenoxy) is 4. The molecule has 0 bridgehead atoms. The number of alkyl carbamates (subject to hydrolysis) is 1. The number of esters is 2. The van der Waals surface area contributed by atoms with Gasteiger partial charge in [0.2, 0.25) is 6.29 Å². The fourth-order valence-electron chi connectivity index (χ4n) is 4.78. The van der Waals surface area contributed by atoms with Gasteiger partial charge in [-0.2, -0.15) is 0 Å². The van der Waals surface area contributed by atoms with E-state index < -0.39 is 41.4 Å². The topological polar surface area (TPSA) is 107 Å². The molecule has 4 rings (SSSR count). The van der Waals surface area contributed by atoms with Crippen LogP contribution in [0.5, 0.6) is 5.75 Å². The Bertz CT molecular complexity index is 1530. The minimum absolute atomic E-state index is 0.141. The Labute approximate surface area is 286 Å². The third kappa shape index (κ3) is 10.7. The van der Waals surface area contributed by atoms with E-state index in [9.17, 15) is 18.8 Å². The second kappa shape index (κ2) is 16.3. The third-order valence-electron chi connectivity index (χ3n) is 7.38. The van der Waals surface area contributed by atoms with Crippen LogP contribution in [0.3, 0.4) is 0 Å². The summed E-state index contributed by atoms with van der Waals surface area (Å²) in [4.78, 5) is 40.9. The van der Waals surface area contributed by atoms with E-state index in [-0.39, 0.29) is 18.8 Å². The van der Waals surface area contributed by atoms with Gasteiger partial charge in [-0.05, 0) is 94.3 Å². The molecule has 48 heavy (non-hydrogen) atoms. The summed E-state index contributed by atoms with van der Waals surface area (Å²) < 4.78 is 38.0. The van der Waals surface area contributed by atoms with Crippen molar-refractivity contribution in [3.05, 3.63) is 95.8 Å². The molecular formula is C36H44FN3O7S. The number of likely N-dealkylation sites (N-methyl/N-ethyl adjacent to an activating group) is 1. The first-order chi connectivity index (χ1) is 22.7. The van der Waals surface area contributed by atoms with Gasteiger partial charge in [0.1, 0.15) is 24.2 Å². The van der Waals surface area contributed by atoms with Crippen LogP contribution in [0.1, 0.15) is 38.8 Å². The van der Waals surface area contributed by atoms with Gasteiger partial charge in [0.15, 0.2) is 5.60 Å². The molecule has 258 valence electrons. The Morgan fingerprint density at radius 2 is 1.67 bits per heavy atom. The van der Waals surface area contributed by atoms with E-state index >= 15 is 0 Å². The first-order valence-electron chi connectivity index (χ1n) is 15.7. The van der Waals surface area contributed by atoms with Gasteiger partial charge in [0, 0.05) is 24.8 Å². The summed E-state index contributed by atoms with van der Waals surface area (Å²) in [5.74, 6) is -0.876. The van der Waals surface area contributed by atoms with Crippen LogP contribution in [0, 0.1) is 11.2 Å². The van der Waals surface area contributed by atoms with Gasteiger partial charge in [-0.15, -0.1) is 0 Å². The minimum atomic E-state index is -1.16. The molecule has 0 radical (unpaired) electrons. The van der Waals surface area contributed by atoms with E-state index in [1.807, 2.05) is 73.6 Å². The van der Waals surface area contributed by atoms with E-state index in [1.165, 1.54) is 19.1 Å². The maximum absolute atomic E-state index is 13.5. The Morgan fingerprint density at radius 3 is 2.31 bits per heavy atom. The van der Waals surface area contributed by atoms with Crippen LogP contribution in [0.4, 0.5) is 9.18 Å². The second-order valence-electron chi connectivity index (χ2n) is 13.0. The van der Waals surface area contributed by atoms with E-state index in [0.717, 1.165) is 16.0 Å². The Kier molecular flexibility index (Phi) is 12.5. The molecule has 3 aromatic rings. The molecule has 1 aliphatic rings. The van der Waals surface area contributed by atoms with Gasteiger partial charge in [0.25, 0.3) is 0 Å². The molecule has 0 aliphatic carbocycles. The lowest BCUT2D eigenvalue weighted by Gasteiger charge is -2.49. The number of carbonyl (C=O) groups excluding carboxylic acids is 3. The first-order valence-corrected chi connectivity index (χ1v) is 16.5. The van der Waals surface area contributed by atoms with E-state index in [2.05, 4.69) is 9.62 Å². The van der Waals surface area contributed by atoms with Crippen molar-refractivity contribution in [2.75, 3.05) is 40.3 Å². The number of benzene rings is 3. The molecule has 2 atom stereocenters. The van der Waals surface area contributed by atoms with Crippen molar-refractivity contribution in [3.63, 3.8) is 0 Å². The molecule has 1 aliphatic heterocycles. The molecule has 12 heteroatoms. The second-order valence-corrected chi connectivity index (χ2v) is 14.1. The predicted octanol–water partition coefficient (Wildman–Crippen LogP) is 5.80. The number of amides is 1. The molecule has 0 saturated carbocycles. The number of nitrogens with zero attached hydrogens (tertiary/aromatic N) is 2. The largest absolute Gasteiger partial charge is 0.480 e. The van der Waals surface area contributed by atoms with Crippen LogP contribution < -0.4 is 10.1 Å². The number of rotatable bonds is 14. The van der Waals surface area contributed by atoms with Gasteiger partial charge in [0.05, 0.1) is 18.5 Å². The smallest absolute Gasteiger partial charge is 0.410 e.